The Bertz CT molecular complexity index is 1480. The van der Waals surface area contributed by atoms with E-state index in [1.807, 2.05) is 0 Å². The number of imide groups is 1. The van der Waals surface area contributed by atoms with Gasteiger partial charge >= 0.3 is 11.9 Å². The second-order valence-corrected chi connectivity index (χ2v) is 10.5. The maximum Gasteiger partial charge on any atom is 0.416 e. The molecule has 0 unspecified atom stereocenters. The van der Waals surface area contributed by atoms with Gasteiger partial charge in [0.1, 0.15) is 0 Å². The van der Waals surface area contributed by atoms with E-state index in [-0.39, 0.29) is 19.6 Å². The number of carbonyl (C=O) groups is 2. The summed E-state index contributed by atoms with van der Waals surface area (Å²) in [5, 5.41) is 11.2. The van der Waals surface area contributed by atoms with Gasteiger partial charge in [-0.25, -0.2) is 4.90 Å². The third-order valence-electron chi connectivity index (χ3n) is 4.87. The second kappa shape index (κ2) is 10.5. The number of nitro groups is 1. The number of amides is 2. The summed E-state index contributed by atoms with van der Waals surface area (Å²) in [6.45, 7) is 0. The molecule has 0 radical (unpaired) electrons. The number of carbonyl (C=O) groups excluding carboxylic acids is 2. The fraction of sp³-hybridized carbons (Fsp3) is 0.0435. The molecule has 0 saturated carbocycles. The largest absolute Gasteiger partial charge is 0.448 e. The quantitative estimate of drug-likeness (QED) is 0.152. The van der Waals surface area contributed by atoms with Crippen LogP contribution in [0.25, 0.3) is 6.08 Å². The third kappa shape index (κ3) is 5.84. The van der Waals surface area contributed by atoms with Crippen molar-refractivity contribution in [2.24, 2.45) is 0 Å². The lowest BCUT2D eigenvalue weighted by Crippen LogP contribution is -2.27. The van der Waals surface area contributed by atoms with Crippen molar-refractivity contribution < 1.29 is 32.4 Å². The Morgan fingerprint density at radius 2 is 1.73 bits per heavy atom. The summed E-state index contributed by atoms with van der Waals surface area (Å²) < 4.78 is 45.1. The van der Waals surface area contributed by atoms with E-state index in [0.29, 0.717) is 28.4 Å². The molecule has 0 bridgehead atoms. The van der Waals surface area contributed by atoms with Crippen molar-refractivity contribution in [3.63, 3.8) is 0 Å². The molecule has 190 valence electrons. The van der Waals surface area contributed by atoms with Crippen LogP contribution >= 0.6 is 55.2 Å². The fourth-order valence-electron chi connectivity index (χ4n) is 3.25. The van der Waals surface area contributed by atoms with E-state index in [2.05, 4.69) is 31.9 Å². The van der Waals surface area contributed by atoms with E-state index in [0.717, 1.165) is 22.7 Å². The first-order chi connectivity index (χ1) is 17.3. The summed E-state index contributed by atoms with van der Waals surface area (Å²) in [7, 11) is 0. The average Bonchev–Trinajstić information content (AvgIpc) is 3.08. The third-order valence-corrected chi connectivity index (χ3v) is 7.16. The van der Waals surface area contributed by atoms with Crippen LogP contribution < -0.4 is 9.64 Å². The molecule has 0 N–H and O–H groups in total. The number of benzene rings is 3. The molecule has 3 aromatic rings. The van der Waals surface area contributed by atoms with E-state index in [1.165, 1.54) is 24.3 Å². The zero-order chi connectivity index (χ0) is 27.1. The topological polar surface area (TPSA) is 89.7 Å². The molecule has 1 aliphatic rings. The van der Waals surface area contributed by atoms with Gasteiger partial charge in [-0.05, 0) is 97.7 Å². The highest BCUT2D eigenvalue weighted by molar-refractivity contribution is 9.11. The normalized spacial score (nSPS) is 15.0. The minimum atomic E-state index is -4.76. The van der Waals surface area contributed by atoms with Crippen LogP contribution in [0.3, 0.4) is 0 Å². The van der Waals surface area contributed by atoms with E-state index in [9.17, 15) is 32.9 Å². The van der Waals surface area contributed by atoms with Crippen molar-refractivity contribution in [2.45, 2.75) is 6.18 Å². The number of alkyl halides is 3. The molecular weight excluding hydrogens is 669 g/mol. The molecule has 14 heteroatoms. The zero-order valence-corrected chi connectivity index (χ0v) is 22.6. The predicted molar refractivity (Wildman–Crippen MR) is 140 cm³/mol. The Kier molecular flexibility index (Phi) is 7.70. The molecule has 0 aromatic heterocycles. The van der Waals surface area contributed by atoms with Crippen molar-refractivity contribution in [1.29, 1.82) is 0 Å². The number of halogens is 6. The number of ether oxygens (including phenoxy) is 1. The first-order valence-electron chi connectivity index (χ1n) is 9.91. The molecule has 37 heavy (non-hydrogen) atoms. The summed E-state index contributed by atoms with van der Waals surface area (Å²) >= 11 is 13.3. The lowest BCUT2D eigenvalue weighted by Gasteiger charge is -2.13. The molecule has 1 fully saturated rings. The standard InChI is InChI=1S/C23H10Br2ClF3N2O5S/c24-15-6-11(8-19-21(32)30(22(33)37-19)14-3-1-2-13(26)10-14)7-16(25)20(15)36-18-5-4-12(23(27,28)29)9-17(18)31(34)35/h1-10H/b19-8+. The highest BCUT2D eigenvalue weighted by atomic mass is 79.9. The number of thioether (sulfide) groups is 1. The summed E-state index contributed by atoms with van der Waals surface area (Å²) in [4.78, 5) is 36.9. The van der Waals surface area contributed by atoms with Gasteiger partial charge in [-0.15, -0.1) is 0 Å². The Labute approximate surface area is 232 Å². The van der Waals surface area contributed by atoms with Crippen LogP contribution in [0.4, 0.5) is 29.3 Å². The van der Waals surface area contributed by atoms with Gasteiger partial charge in [0, 0.05) is 11.1 Å². The van der Waals surface area contributed by atoms with Crippen molar-refractivity contribution in [2.75, 3.05) is 4.90 Å². The fourth-order valence-corrected chi connectivity index (χ4v) is 5.66. The highest BCUT2D eigenvalue weighted by Crippen LogP contribution is 2.43. The Balaban J connectivity index is 1.64. The maximum atomic E-state index is 13.0. The van der Waals surface area contributed by atoms with Crippen molar-refractivity contribution >= 4 is 83.8 Å². The maximum absolute atomic E-state index is 13.0. The number of nitrogens with zero attached hydrogens (tertiary/aromatic N) is 2. The number of anilines is 1. The van der Waals surface area contributed by atoms with Gasteiger partial charge in [-0.2, -0.15) is 13.2 Å². The van der Waals surface area contributed by atoms with Crippen LogP contribution in [0.2, 0.25) is 5.02 Å². The molecular formula is C23H10Br2ClF3N2O5S. The lowest BCUT2D eigenvalue weighted by atomic mass is 10.1. The Hall–Kier alpha value is -2.87. The molecule has 2 amide bonds. The predicted octanol–water partition coefficient (Wildman–Crippen LogP) is 8.83. The van der Waals surface area contributed by atoms with E-state index < -0.39 is 39.2 Å². The summed E-state index contributed by atoms with van der Waals surface area (Å²) in [6, 6.07) is 11.2. The first-order valence-corrected chi connectivity index (χ1v) is 12.7. The molecule has 7 nitrogen and oxygen atoms in total. The van der Waals surface area contributed by atoms with Crippen molar-refractivity contribution in [3.8, 4) is 11.5 Å². The van der Waals surface area contributed by atoms with Crippen LogP contribution in [-0.4, -0.2) is 16.1 Å². The van der Waals surface area contributed by atoms with E-state index in [1.54, 1.807) is 18.2 Å². The molecule has 0 atom stereocenters. The monoisotopic (exact) mass is 676 g/mol. The minimum Gasteiger partial charge on any atom is -0.448 e. The zero-order valence-electron chi connectivity index (χ0n) is 17.9. The number of nitro benzene ring substituents is 1. The molecule has 0 spiro atoms. The van der Waals surface area contributed by atoms with Gasteiger partial charge in [0.25, 0.3) is 11.1 Å². The molecule has 1 aliphatic heterocycles. The number of hydrogen-bond donors (Lipinski definition) is 0. The van der Waals surface area contributed by atoms with Crippen LogP contribution in [0.5, 0.6) is 11.5 Å². The van der Waals surface area contributed by atoms with Crippen LogP contribution in [0.15, 0.2) is 68.4 Å². The lowest BCUT2D eigenvalue weighted by molar-refractivity contribution is -0.385. The van der Waals surface area contributed by atoms with Gasteiger partial charge < -0.3 is 4.74 Å². The number of rotatable bonds is 5. The average molecular weight is 679 g/mol. The van der Waals surface area contributed by atoms with Crippen molar-refractivity contribution in [3.05, 3.63) is 94.7 Å². The summed E-state index contributed by atoms with van der Waals surface area (Å²) in [5.74, 6) is -0.910. The summed E-state index contributed by atoms with van der Waals surface area (Å²) in [5.41, 5.74) is -1.27. The molecule has 1 heterocycles. The Morgan fingerprint density at radius 1 is 1.05 bits per heavy atom. The van der Waals surface area contributed by atoms with Crippen LogP contribution in [-0.2, 0) is 11.0 Å². The second-order valence-electron chi connectivity index (χ2n) is 7.35. The van der Waals surface area contributed by atoms with Crippen molar-refractivity contribution in [1.82, 2.24) is 0 Å². The Morgan fingerprint density at radius 3 is 2.32 bits per heavy atom. The van der Waals surface area contributed by atoms with Gasteiger partial charge in [-0.1, -0.05) is 17.7 Å². The van der Waals surface area contributed by atoms with Gasteiger partial charge in [0.15, 0.2) is 5.75 Å². The molecule has 4 rings (SSSR count). The minimum absolute atomic E-state index is 0.0482. The van der Waals surface area contributed by atoms with E-state index in [4.69, 9.17) is 16.3 Å². The smallest absolute Gasteiger partial charge is 0.416 e. The van der Waals surface area contributed by atoms with Crippen LogP contribution in [0, 0.1) is 10.1 Å². The van der Waals surface area contributed by atoms with Gasteiger partial charge in [0.2, 0.25) is 5.75 Å². The van der Waals surface area contributed by atoms with E-state index >= 15 is 0 Å². The molecule has 0 aliphatic carbocycles. The summed E-state index contributed by atoms with van der Waals surface area (Å²) in [6.07, 6.45) is -3.30. The molecule has 1 saturated heterocycles. The SMILES string of the molecule is O=C1S/C(=C/c2cc(Br)c(Oc3ccc(C(F)(F)F)cc3[N+](=O)[O-])c(Br)c2)C(=O)N1c1cccc(Cl)c1. The van der Waals surface area contributed by atoms with Gasteiger partial charge in [0.05, 0.1) is 30.0 Å². The number of hydrogen-bond acceptors (Lipinski definition) is 6. The van der Waals surface area contributed by atoms with Crippen LogP contribution in [0.1, 0.15) is 11.1 Å². The molecule has 3 aromatic carbocycles. The first kappa shape index (κ1) is 27.2. The van der Waals surface area contributed by atoms with Gasteiger partial charge in [-0.3, -0.25) is 19.7 Å². The highest BCUT2D eigenvalue weighted by Gasteiger charge is 2.37.